The van der Waals surface area contributed by atoms with Crippen molar-refractivity contribution in [3.05, 3.63) is 0 Å². The van der Waals surface area contributed by atoms with Gasteiger partial charge in [0.2, 0.25) is 0 Å². The van der Waals surface area contributed by atoms with Gasteiger partial charge in [-0.25, -0.2) is 0 Å². The van der Waals surface area contributed by atoms with Crippen LogP contribution in [0.4, 0.5) is 0 Å². The number of aliphatic hydroxyl groups excluding tert-OH is 4. The van der Waals surface area contributed by atoms with Gasteiger partial charge in [0.05, 0.1) is 31.8 Å². The van der Waals surface area contributed by atoms with Crippen LogP contribution in [0.15, 0.2) is 0 Å². The predicted molar refractivity (Wildman–Crippen MR) is 30.8 cm³/mol. The van der Waals surface area contributed by atoms with Crippen molar-refractivity contribution in [2.45, 2.75) is 0 Å². The van der Waals surface area contributed by atoms with E-state index in [4.69, 9.17) is 20.4 Å². The van der Waals surface area contributed by atoms with Crippen molar-refractivity contribution in [3.8, 4) is 0 Å². The third-order valence-electron chi connectivity index (χ3n) is 1.34. The molecule has 4 nitrogen and oxygen atoms in total. The molecule has 0 aliphatic carbocycles. The van der Waals surface area contributed by atoms with Crippen LogP contribution in [0.25, 0.3) is 0 Å². The maximum atomic E-state index is 8.50. The molecule has 0 unspecified atom stereocenters. The second-order valence-electron chi connectivity index (χ2n) is 2.13. The van der Waals surface area contributed by atoms with Crippen LogP contribution in [0.3, 0.4) is 0 Å². The fourth-order valence-corrected chi connectivity index (χ4v) is 0.300. The van der Waals surface area contributed by atoms with Crippen LogP contribution in [0.1, 0.15) is 0 Å². The molecular formula is C5H12CuO4. The maximum Gasteiger partial charge on any atom is 0.0627 e. The van der Waals surface area contributed by atoms with E-state index >= 15 is 0 Å². The second-order valence-corrected chi connectivity index (χ2v) is 2.13. The third kappa shape index (κ3) is 2.96. The Morgan fingerprint density at radius 1 is 0.700 bits per heavy atom. The second kappa shape index (κ2) is 6.09. The Hall–Kier alpha value is 0.359. The van der Waals surface area contributed by atoms with E-state index in [2.05, 4.69) is 0 Å². The van der Waals surface area contributed by atoms with Gasteiger partial charge in [-0.05, 0) is 0 Å². The summed E-state index contributed by atoms with van der Waals surface area (Å²) in [5.41, 5.74) is -1.11. The van der Waals surface area contributed by atoms with E-state index in [1.165, 1.54) is 0 Å². The van der Waals surface area contributed by atoms with Crippen LogP contribution in [-0.2, 0) is 17.1 Å². The molecule has 0 spiro atoms. The molecule has 0 heterocycles. The molecule has 1 radical (unpaired) electrons. The van der Waals surface area contributed by atoms with Gasteiger partial charge in [-0.15, -0.1) is 0 Å². The molecule has 0 bridgehead atoms. The quantitative estimate of drug-likeness (QED) is 0.393. The van der Waals surface area contributed by atoms with Crippen molar-refractivity contribution in [3.63, 3.8) is 0 Å². The normalized spacial score (nSPS) is 10.8. The van der Waals surface area contributed by atoms with E-state index < -0.39 is 31.8 Å². The third-order valence-corrected chi connectivity index (χ3v) is 1.34. The SMILES string of the molecule is OCC(CO)(CO)CO.[Cu]. The molecule has 0 rings (SSSR count). The average Bonchev–Trinajstić information content (AvgIpc) is 1.95. The van der Waals surface area contributed by atoms with E-state index in [0.717, 1.165) is 0 Å². The first-order valence-electron chi connectivity index (χ1n) is 2.68. The maximum absolute atomic E-state index is 8.50. The molecule has 0 atom stereocenters. The summed E-state index contributed by atoms with van der Waals surface area (Å²) in [6.07, 6.45) is 0. The topological polar surface area (TPSA) is 80.9 Å². The molecule has 0 amide bonds. The molecule has 0 aliphatic heterocycles. The van der Waals surface area contributed by atoms with Crippen LogP contribution >= 0.6 is 0 Å². The first-order chi connectivity index (χ1) is 4.24. The molecule has 5 heteroatoms. The van der Waals surface area contributed by atoms with Crippen LogP contribution in [0, 0.1) is 5.41 Å². The number of hydrogen-bond acceptors (Lipinski definition) is 4. The Morgan fingerprint density at radius 2 is 0.900 bits per heavy atom. The van der Waals surface area contributed by atoms with Gasteiger partial charge < -0.3 is 20.4 Å². The first kappa shape index (κ1) is 13.0. The zero-order valence-electron chi connectivity index (χ0n) is 5.42. The van der Waals surface area contributed by atoms with Gasteiger partial charge in [0.15, 0.2) is 0 Å². The fourth-order valence-electron chi connectivity index (χ4n) is 0.300. The van der Waals surface area contributed by atoms with Crippen LogP contribution in [0.5, 0.6) is 0 Å². The molecular weight excluding hydrogens is 188 g/mol. The number of rotatable bonds is 4. The smallest absolute Gasteiger partial charge is 0.0627 e. The summed E-state index contributed by atoms with van der Waals surface area (Å²) >= 11 is 0. The van der Waals surface area contributed by atoms with Crippen molar-refractivity contribution in [1.82, 2.24) is 0 Å². The minimum absolute atomic E-state index is 0. The molecule has 0 saturated heterocycles. The van der Waals surface area contributed by atoms with Gasteiger partial charge >= 0.3 is 0 Å². The fraction of sp³-hybridized carbons (Fsp3) is 1.00. The summed E-state index contributed by atoms with van der Waals surface area (Å²) in [5, 5.41) is 34.0. The molecule has 0 saturated carbocycles. The number of aliphatic hydroxyl groups is 4. The van der Waals surface area contributed by atoms with Gasteiger partial charge in [0.25, 0.3) is 0 Å². The molecule has 0 aromatic rings. The van der Waals surface area contributed by atoms with E-state index in [9.17, 15) is 0 Å². The van der Waals surface area contributed by atoms with E-state index in [1.54, 1.807) is 0 Å². The van der Waals surface area contributed by atoms with E-state index in [1.807, 2.05) is 0 Å². The van der Waals surface area contributed by atoms with Gasteiger partial charge in [-0.3, -0.25) is 0 Å². The minimum atomic E-state index is -1.11. The van der Waals surface area contributed by atoms with Crippen LogP contribution in [-0.4, -0.2) is 46.9 Å². The first-order valence-corrected chi connectivity index (χ1v) is 2.68. The van der Waals surface area contributed by atoms with E-state index in [-0.39, 0.29) is 17.1 Å². The van der Waals surface area contributed by atoms with Crippen molar-refractivity contribution in [2.24, 2.45) is 5.41 Å². The van der Waals surface area contributed by atoms with Crippen molar-refractivity contribution in [2.75, 3.05) is 26.4 Å². The van der Waals surface area contributed by atoms with E-state index in [0.29, 0.717) is 0 Å². The van der Waals surface area contributed by atoms with Gasteiger partial charge in [0.1, 0.15) is 0 Å². The molecule has 4 N–H and O–H groups in total. The summed E-state index contributed by atoms with van der Waals surface area (Å²) in [7, 11) is 0. The average molecular weight is 200 g/mol. The Kier molecular flexibility index (Phi) is 7.91. The van der Waals surface area contributed by atoms with Gasteiger partial charge in [-0.2, -0.15) is 0 Å². The van der Waals surface area contributed by atoms with Crippen molar-refractivity contribution >= 4 is 0 Å². The Bertz CT molecular complexity index is 56.5. The zero-order valence-corrected chi connectivity index (χ0v) is 6.36. The Labute approximate surface area is 70.0 Å². The Morgan fingerprint density at radius 3 is 0.900 bits per heavy atom. The summed E-state index contributed by atoms with van der Waals surface area (Å²) in [6.45, 7) is -1.62. The standard InChI is InChI=1S/C5H12O4.Cu/c6-1-5(2-7,3-8)4-9;/h6-9H,1-4H2;. The van der Waals surface area contributed by atoms with Crippen molar-refractivity contribution < 1.29 is 37.5 Å². The van der Waals surface area contributed by atoms with Gasteiger partial charge in [0, 0.05) is 17.1 Å². The molecule has 10 heavy (non-hydrogen) atoms. The molecule has 0 aliphatic rings. The molecule has 67 valence electrons. The summed E-state index contributed by atoms with van der Waals surface area (Å²) in [5.74, 6) is 0. The largest absolute Gasteiger partial charge is 0.396 e. The Balaban J connectivity index is 0. The zero-order chi connectivity index (χ0) is 7.33. The molecule has 0 fully saturated rings. The molecule has 0 aromatic carbocycles. The van der Waals surface area contributed by atoms with Gasteiger partial charge in [-0.1, -0.05) is 0 Å². The monoisotopic (exact) mass is 199 g/mol. The summed E-state index contributed by atoms with van der Waals surface area (Å²) in [6, 6.07) is 0. The van der Waals surface area contributed by atoms with Crippen molar-refractivity contribution in [1.29, 1.82) is 0 Å². The number of hydrogen-bond donors (Lipinski definition) is 4. The summed E-state index contributed by atoms with van der Waals surface area (Å²) in [4.78, 5) is 0. The van der Waals surface area contributed by atoms with Crippen LogP contribution in [0.2, 0.25) is 0 Å². The summed E-state index contributed by atoms with van der Waals surface area (Å²) < 4.78 is 0. The minimum Gasteiger partial charge on any atom is -0.396 e. The van der Waals surface area contributed by atoms with Crippen LogP contribution < -0.4 is 0 Å². The predicted octanol–water partition coefficient (Wildman–Crippen LogP) is -2.06. The molecule has 0 aromatic heterocycles.